The van der Waals surface area contributed by atoms with Gasteiger partial charge in [0.05, 0.1) is 10.6 Å². The lowest BCUT2D eigenvalue weighted by Gasteiger charge is -2.06. The third-order valence-corrected chi connectivity index (χ3v) is 5.23. The van der Waals surface area contributed by atoms with E-state index in [9.17, 15) is 9.59 Å². The molecule has 0 aliphatic carbocycles. The molecule has 1 aliphatic rings. The summed E-state index contributed by atoms with van der Waals surface area (Å²) >= 11 is 2.69. The van der Waals surface area contributed by atoms with Gasteiger partial charge in [-0.1, -0.05) is 12.1 Å². The number of benzene rings is 1. The molecular formula is C17H15N3O4S2. The molecule has 1 aliphatic heterocycles. The molecule has 0 atom stereocenters. The van der Waals surface area contributed by atoms with Crippen LogP contribution in [0.15, 0.2) is 39.5 Å². The Morgan fingerprint density at radius 3 is 2.96 bits per heavy atom. The highest BCUT2D eigenvalue weighted by Crippen LogP contribution is 2.34. The summed E-state index contributed by atoms with van der Waals surface area (Å²) < 4.78 is 5.16. The molecule has 3 rings (SSSR count). The third-order valence-electron chi connectivity index (χ3n) is 3.32. The van der Waals surface area contributed by atoms with Crippen LogP contribution in [0, 0.1) is 6.92 Å². The fraction of sp³-hybridized carbons (Fsp3) is 0.176. The van der Waals surface area contributed by atoms with E-state index in [0.29, 0.717) is 21.0 Å². The van der Waals surface area contributed by atoms with E-state index in [0.717, 1.165) is 11.3 Å². The highest BCUT2D eigenvalue weighted by atomic mass is 32.2. The number of carbonyl (C=O) groups is 2. The maximum absolute atomic E-state index is 12.4. The maximum Gasteiger partial charge on any atom is 0.341 e. The van der Waals surface area contributed by atoms with Gasteiger partial charge in [0, 0.05) is 12.4 Å². The van der Waals surface area contributed by atoms with Crippen molar-refractivity contribution in [3.05, 3.63) is 45.8 Å². The van der Waals surface area contributed by atoms with Crippen LogP contribution >= 0.6 is 23.1 Å². The Bertz CT molecular complexity index is 920. The molecule has 134 valence electrons. The van der Waals surface area contributed by atoms with Gasteiger partial charge < -0.3 is 9.84 Å². The number of ether oxygens (including phenoxy) is 1. The molecule has 9 heteroatoms. The molecule has 1 aromatic heterocycles. The average molecular weight is 389 g/mol. The van der Waals surface area contributed by atoms with E-state index in [1.807, 2.05) is 18.4 Å². The number of carbonyl (C=O) groups excluding carboxylic acids is 1. The van der Waals surface area contributed by atoms with Crippen molar-refractivity contribution in [3.63, 3.8) is 0 Å². The second-order valence-electron chi connectivity index (χ2n) is 5.40. The lowest BCUT2D eigenvalue weighted by atomic mass is 10.2. The number of carboxylic acids is 1. The van der Waals surface area contributed by atoms with Crippen molar-refractivity contribution in [1.82, 2.24) is 9.88 Å². The topological polar surface area (TPSA) is 92.1 Å². The first-order valence-corrected chi connectivity index (χ1v) is 9.25. The molecule has 0 bridgehead atoms. The number of hydrogen-bond donors (Lipinski definition) is 1. The minimum atomic E-state index is -1.05. The van der Waals surface area contributed by atoms with Gasteiger partial charge in [-0.2, -0.15) is 4.99 Å². The second kappa shape index (κ2) is 7.71. The first kappa shape index (κ1) is 18.2. The molecule has 0 spiro atoms. The van der Waals surface area contributed by atoms with Crippen molar-refractivity contribution in [2.75, 3.05) is 13.7 Å². The van der Waals surface area contributed by atoms with E-state index in [1.54, 1.807) is 31.3 Å². The number of carboxylic acid groups (broad SMARTS) is 1. The standard InChI is InChI=1S/C17H15N3O4S2/c1-10-9-25-16(18-10)19-17-20(2)15(23)13(26-17)7-11-4-3-5-12(6-11)24-8-14(21)22/h3-7,9H,8H2,1-2H3,(H,21,22)/b13-7+,19-17+. The maximum atomic E-state index is 12.4. The zero-order chi connectivity index (χ0) is 18.7. The van der Waals surface area contributed by atoms with E-state index in [2.05, 4.69) is 9.98 Å². The Balaban J connectivity index is 1.81. The van der Waals surface area contributed by atoms with Gasteiger partial charge in [-0.3, -0.25) is 9.69 Å². The summed E-state index contributed by atoms with van der Waals surface area (Å²) in [5.41, 5.74) is 1.63. The van der Waals surface area contributed by atoms with Crippen LogP contribution < -0.4 is 4.74 Å². The van der Waals surface area contributed by atoms with E-state index < -0.39 is 12.6 Å². The fourth-order valence-corrected chi connectivity index (χ4v) is 3.81. The second-order valence-corrected chi connectivity index (χ2v) is 7.24. The van der Waals surface area contributed by atoms with Gasteiger partial charge >= 0.3 is 5.97 Å². The molecule has 7 nitrogen and oxygen atoms in total. The summed E-state index contributed by atoms with van der Waals surface area (Å²) in [5.74, 6) is -0.772. The highest BCUT2D eigenvalue weighted by Gasteiger charge is 2.30. The number of hydrogen-bond acceptors (Lipinski definition) is 7. The Morgan fingerprint density at radius 2 is 2.27 bits per heavy atom. The van der Waals surface area contributed by atoms with Crippen LogP contribution in [0.3, 0.4) is 0 Å². The molecule has 1 aromatic carbocycles. The molecule has 1 fully saturated rings. The number of aliphatic carboxylic acids is 1. The highest BCUT2D eigenvalue weighted by molar-refractivity contribution is 8.18. The first-order valence-electron chi connectivity index (χ1n) is 7.55. The fourth-order valence-electron chi connectivity index (χ4n) is 2.12. The summed E-state index contributed by atoms with van der Waals surface area (Å²) in [6, 6.07) is 6.90. The molecule has 0 unspecified atom stereocenters. The van der Waals surface area contributed by atoms with Gasteiger partial charge in [0.25, 0.3) is 5.91 Å². The van der Waals surface area contributed by atoms with Crippen molar-refractivity contribution in [3.8, 4) is 5.75 Å². The lowest BCUT2D eigenvalue weighted by molar-refractivity contribution is -0.139. The Hall–Kier alpha value is -2.65. The number of thiazole rings is 1. The minimum absolute atomic E-state index is 0.154. The van der Waals surface area contributed by atoms with Crippen molar-refractivity contribution in [1.29, 1.82) is 0 Å². The summed E-state index contributed by atoms with van der Waals surface area (Å²) in [7, 11) is 1.67. The van der Waals surface area contributed by atoms with Crippen molar-refractivity contribution in [2.24, 2.45) is 4.99 Å². The molecular weight excluding hydrogens is 374 g/mol. The average Bonchev–Trinajstić information content (AvgIpc) is 3.12. The van der Waals surface area contributed by atoms with Crippen LogP contribution in [0.1, 0.15) is 11.3 Å². The number of amides is 1. The molecule has 0 radical (unpaired) electrons. The molecule has 2 aromatic rings. The van der Waals surface area contributed by atoms with Crippen LogP contribution in [0.4, 0.5) is 5.13 Å². The smallest absolute Gasteiger partial charge is 0.341 e. The molecule has 1 amide bonds. The lowest BCUT2D eigenvalue weighted by Crippen LogP contribution is -2.23. The normalized spacial score (nSPS) is 17.3. The Morgan fingerprint density at radius 1 is 1.46 bits per heavy atom. The molecule has 26 heavy (non-hydrogen) atoms. The largest absolute Gasteiger partial charge is 0.482 e. The van der Waals surface area contributed by atoms with Crippen LogP contribution in [-0.2, 0) is 9.59 Å². The van der Waals surface area contributed by atoms with E-state index in [4.69, 9.17) is 9.84 Å². The number of nitrogens with zero attached hydrogens (tertiary/aromatic N) is 3. The van der Waals surface area contributed by atoms with Crippen molar-refractivity contribution < 1.29 is 19.4 Å². The number of aliphatic imine (C=N–C) groups is 1. The van der Waals surface area contributed by atoms with E-state index in [-0.39, 0.29) is 5.91 Å². The van der Waals surface area contributed by atoms with Crippen LogP contribution in [-0.4, -0.2) is 45.7 Å². The van der Waals surface area contributed by atoms with Crippen LogP contribution in [0.25, 0.3) is 6.08 Å². The predicted molar refractivity (Wildman–Crippen MR) is 102 cm³/mol. The first-order chi connectivity index (χ1) is 12.4. The number of thioether (sulfide) groups is 1. The summed E-state index contributed by atoms with van der Waals surface area (Å²) in [6.07, 6.45) is 1.73. The van der Waals surface area contributed by atoms with E-state index in [1.165, 1.54) is 28.0 Å². The summed E-state index contributed by atoms with van der Waals surface area (Å²) in [6.45, 7) is 1.47. The number of amidine groups is 1. The van der Waals surface area contributed by atoms with Gasteiger partial charge in [0.15, 0.2) is 11.8 Å². The van der Waals surface area contributed by atoms with Gasteiger partial charge in [0.2, 0.25) is 5.13 Å². The monoisotopic (exact) mass is 389 g/mol. The predicted octanol–water partition coefficient (Wildman–Crippen LogP) is 3.15. The molecule has 1 N–H and O–H groups in total. The van der Waals surface area contributed by atoms with Gasteiger partial charge in [-0.25, -0.2) is 9.78 Å². The molecule has 1 saturated heterocycles. The SMILES string of the molecule is Cc1csc(/N=C2/S/C(=C/c3cccc(OCC(=O)O)c3)C(=O)N2C)n1. The number of rotatable bonds is 5. The van der Waals surface area contributed by atoms with Crippen molar-refractivity contribution in [2.45, 2.75) is 6.92 Å². The Kier molecular flexibility index (Phi) is 5.38. The van der Waals surface area contributed by atoms with Gasteiger partial charge in [0.1, 0.15) is 5.75 Å². The van der Waals surface area contributed by atoms with Gasteiger partial charge in [-0.05, 0) is 42.5 Å². The summed E-state index contributed by atoms with van der Waals surface area (Å²) in [4.78, 5) is 33.8. The van der Waals surface area contributed by atoms with Gasteiger partial charge in [-0.15, -0.1) is 11.3 Å². The van der Waals surface area contributed by atoms with E-state index >= 15 is 0 Å². The zero-order valence-electron chi connectivity index (χ0n) is 14.0. The minimum Gasteiger partial charge on any atom is -0.482 e. The van der Waals surface area contributed by atoms with Crippen LogP contribution in [0.2, 0.25) is 0 Å². The number of likely N-dealkylation sites (N-methyl/N-ethyl adjacent to an activating group) is 1. The Labute approximate surface area is 158 Å². The zero-order valence-corrected chi connectivity index (χ0v) is 15.6. The summed E-state index contributed by atoms with van der Waals surface area (Å²) in [5, 5.41) is 11.8. The van der Waals surface area contributed by atoms with Crippen molar-refractivity contribution >= 4 is 51.4 Å². The number of aryl methyl sites for hydroxylation is 1. The third kappa shape index (κ3) is 4.30. The van der Waals surface area contributed by atoms with Crippen LogP contribution in [0.5, 0.6) is 5.75 Å². The molecule has 0 saturated carbocycles. The molecule has 2 heterocycles. The number of aromatic nitrogens is 1. The quantitative estimate of drug-likeness (QED) is 0.790.